The molecule has 2 aliphatic rings. The molecule has 0 N–H and O–H groups in total. The Morgan fingerprint density at radius 1 is 1.04 bits per heavy atom. The number of carbonyl (C=O) groups excluding carboxylic acids is 1. The molecule has 0 aliphatic carbocycles. The number of rotatable bonds is 2. The number of ether oxygens (including phenoxy) is 2. The fraction of sp³-hybridized carbons (Fsp3) is 0.286. The molecular formula is C21H19N3O4. The lowest BCUT2D eigenvalue weighted by Crippen LogP contribution is -2.31. The van der Waals surface area contributed by atoms with Crippen LogP contribution in [-0.2, 0) is 0 Å². The number of carbonyl (C=O) groups is 1. The Bertz CT molecular complexity index is 1180. The first kappa shape index (κ1) is 16.8. The molecule has 1 aromatic heterocycles. The molecule has 1 atom stereocenters. The second kappa shape index (κ2) is 6.09. The standard InChI is InChI=1S/C21H19N3O4/c1-27-12-5-7-16-14(10-12)21(26)24-17-8-6-13(28-2)11-15(17)20(25)23-9-3-4-18(23)19(24)22-16/h5-8,10-11,18H,3-4,9H2,1-2H3/t18-/m0/s1. The molecule has 1 fully saturated rings. The zero-order valence-electron chi connectivity index (χ0n) is 15.6. The van der Waals surface area contributed by atoms with Crippen LogP contribution in [0.5, 0.6) is 11.5 Å². The fourth-order valence-corrected chi connectivity index (χ4v) is 4.21. The number of aromatic nitrogens is 2. The van der Waals surface area contributed by atoms with Gasteiger partial charge in [-0.25, -0.2) is 4.98 Å². The quantitative estimate of drug-likeness (QED) is 0.687. The summed E-state index contributed by atoms with van der Waals surface area (Å²) >= 11 is 0. The highest BCUT2D eigenvalue weighted by Crippen LogP contribution is 2.38. The van der Waals surface area contributed by atoms with Gasteiger partial charge in [0, 0.05) is 6.54 Å². The van der Waals surface area contributed by atoms with Crippen LogP contribution in [0.25, 0.3) is 16.6 Å². The third kappa shape index (κ3) is 2.25. The lowest BCUT2D eigenvalue weighted by Gasteiger charge is -2.22. The van der Waals surface area contributed by atoms with Crippen molar-refractivity contribution in [3.63, 3.8) is 0 Å². The maximum Gasteiger partial charge on any atom is 0.266 e. The summed E-state index contributed by atoms with van der Waals surface area (Å²) in [7, 11) is 3.12. The normalized spacial score (nSPS) is 17.7. The molecule has 7 heteroatoms. The highest BCUT2D eigenvalue weighted by Gasteiger charge is 2.38. The Labute approximate surface area is 161 Å². The van der Waals surface area contributed by atoms with Crippen LogP contribution in [0.15, 0.2) is 41.2 Å². The first-order valence-corrected chi connectivity index (χ1v) is 9.22. The highest BCUT2D eigenvalue weighted by molar-refractivity contribution is 5.99. The monoisotopic (exact) mass is 377 g/mol. The van der Waals surface area contributed by atoms with Crippen molar-refractivity contribution < 1.29 is 14.3 Å². The second-order valence-corrected chi connectivity index (χ2v) is 7.03. The van der Waals surface area contributed by atoms with Crippen LogP contribution in [0.1, 0.15) is 35.1 Å². The lowest BCUT2D eigenvalue weighted by atomic mass is 10.1. The fourth-order valence-electron chi connectivity index (χ4n) is 4.21. The number of benzene rings is 2. The highest BCUT2D eigenvalue weighted by atomic mass is 16.5. The molecule has 0 unspecified atom stereocenters. The summed E-state index contributed by atoms with van der Waals surface area (Å²) in [4.78, 5) is 33.4. The molecule has 1 amide bonds. The average Bonchev–Trinajstić information content (AvgIpc) is 3.19. The van der Waals surface area contributed by atoms with E-state index in [0.29, 0.717) is 46.0 Å². The van der Waals surface area contributed by atoms with Crippen LogP contribution < -0.4 is 15.0 Å². The first-order valence-electron chi connectivity index (χ1n) is 9.22. The van der Waals surface area contributed by atoms with E-state index in [1.165, 1.54) is 0 Å². The molecule has 3 heterocycles. The smallest absolute Gasteiger partial charge is 0.266 e. The zero-order valence-corrected chi connectivity index (χ0v) is 15.6. The number of amides is 1. The minimum absolute atomic E-state index is 0.0945. The van der Waals surface area contributed by atoms with Crippen molar-refractivity contribution in [2.75, 3.05) is 20.8 Å². The van der Waals surface area contributed by atoms with E-state index in [1.807, 2.05) is 4.90 Å². The molecule has 2 aromatic carbocycles. The number of hydrogen-bond acceptors (Lipinski definition) is 5. The van der Waals surface area contributed by atoms with Crippen LogP contribution in [0, 0.1) is 0 Å². The minimum atomic E-state index is -0.218. The van der Waals surface area contributed by atoms with Gasteiger partial charge in [0.1, 0.15) is 17.3 Å². The van der Waals surface area contributed by atoms with Gasteiger partial charge in [0.25, 0.3) is 11.5 Å². The molecule has 0 bridgehead atoms. The van der Waals surface area contributed by atoms with Crippen molar-refractivity contribution in [2.45, 2.75) is 18.9 Å². The Hall–Kier alpha value is -3.35. The number of nitrogens with zero attached hydrogens (tertiary/aromatic N) is 3. The maximum atomic E-state index is 13.5. The summed E-state index contributed by atoms with van der Waals surface area (Å²) in [5, 5.41) is 0.462. The van der Waals surface area contributed by atoms with E-state index in [2.05, 4.69) is 0 Å². The summed E-state index contributed by atoms with van der Waals surface area (Å²) in [5.74, 6) is 1.68. The van der Waals surface area contributed by atoms with E-state index in [9.17, 15) is 9.59 Å². The molecule has 7 nitrogen and oxygen atoms in total. The van der Waals surface area contributed by atoms with Gasteiger partial charge in [0.15, 0.2) is 0 Å². The maximum absolute atomic E-state index is 13.5. The van der Waals surface area contributed by atoms with Crippen LogP contribution in [-0.4, -0.2) is 41.1 Å². The van der Waals surface area contributed by atoms with Gasteiger partial charge in [-0.15, -0.1) is 0 Å². The van der Waals surface area contributed by atoms with Crippen molar-refractivity contribution in [2.24, 2.45) is 0 Å². The molecule has 28 heavy (non-hydrogen) atoms. The predicted molar refractivity (Wildman–Crippen MR) is 103 cm³/mol. The van der Waals surface area contributed by atoms with Gasteiger partial charge < -0.3 is 14.4 Å². The summed E-state index contributed by atoms with van der Waals surface area (Å²) < 4.78 is 12.2. The van der Waals surface area contributed by atoms with E-state index in [-0.39, 0.29) is 17.5 Å². The third-order valence-corrected chi connectivity index (χ3v) is 5.59. The minimum Gasteiger partial charge on any atom is -0.497 e. The lowest BCUT2D eigenvalue weighted by molar-refractivity contribution is 0.0735. The first-order chi connectivity index (χ1) is 13.6. The van der Waals surface area contributed by atoms with Crippen molar-refractivity contribution in [1.29, 1.82) is 0 Å². The number of methoxy groups -OCH3 is 2. The molecular weight excluding hydrogens is 358 g/mol. The van der Waals surface area contributed by atoms with E-state index >= 15 is 0 Å². The molecule has 142 valence electrons. The van der Waals surface area contributed by atoms with Gasteiger partial charge >= 0.3 is 0 Å². The molecule has 0 saturated carbocycles. The molecule has 3 aromatic rings. The third-order valence-electron chi connectivity index (χ3n) is 5.59. The summed E-state index contributed by atoms with van der Waals surface area (Å²) in [6, 6.07) is 10.3. The number of hydrogen-bond donors (Lipinski definition) is 0. The van der Waals surface area contributed by atoms with Gasteiger partial charge in [-0.1, -0.05) is 0 Å². The largest absolute Gasteiger partial charge is 0.497 e. The average molecular weight is 377 g/mol. The Morgan fingerprint density at radius 3 is 2.57 bits per heavy atom. The van der Waals surface area contributed by atoms with E-state index in [4.69, 9.17) is 14.5 Å². The summed E-state index contributed by atoms with van der Waals surface area (Å²) in [5.41, 5.74) is 1.40. The van der Waals surface area contributed by atoms with Crippen LogP contribution >= 0.6 is 0 Å². The summed E-state index contributed by atoms with van der Waals surface area (Å²) in [6.45, 7) is 0.649. The Morgan fingerprint density at radius 2 is 1.79 bits per heavy atom. The van der Waals surface area contributed by atoms with Crippen LogP contribution in [0.2, 0.25) is 0 Å². The number of fused-ring (bicyclic) bond motifs is 6. The van der Waals surface area contributed by atoms with Crippen molar-refractivity contribution in [1.82, 2.24) is 14.5 Å². The predicted octanol–water partition coefficient (Wildman–Crippen LogP) is 2.69. The van der Waals surface area contributed by atoms with Crippen LogP contribution in [0.3, 0.4) is 0 Å². The van der Waals surface area contributed by atoms with E-state index in [1.54, 1.807) is 55.2 Å². The van der Waals surface area contributed by atoms with Crippen molar-refractivity contribution in [3.05, 3.63) is 58.1 Å². The van der Waals surface area contributed by atoms with E-state index in [0.717, 1.165) is 12.8 Å². The van der Waals surface area contributed by atoms with Gasteiger partial charge in [-0.05, 0) is 49.2 Å². The SMILES string of the molecule is COc1ccc2c(c1)C(=O)N1CCC[C@H]1c1nc3ccc(OC)cc3c(=O)n1-2. The molecule has 0 radical (unpaired) electrons. The topological polar surface area (TPSA) is 73.7 Å². The van der Waals surface area contributed by atoms with Crippen molar-refractivity contribution in [3.8, 4) is 17.2 Å². The van der Waals surface area contributed by atoms with Gasteiger partial charge in [-0.3, -0.25) is 14.2 Å². The van der Waals surface area contributed by atoms with Gasteiger partial charge in [0.05, 0.1) is 42.4 Å². The van der Waals surface area contributed by atoms with Crippen molar-refractivity contribution >= 4 is 16.8 Å². The molecule has 5 rings (SSSR count). The van der Waals surface area contributed by atoms with Gasteiger partial charge in [0.2, 0.25) is 0 Å². The second-order valence-electron chi connectivity index (χ2n) is 7.03. The molecule has 0 spiro atoms. The zero-order chi connectivity index (χ0) is 19.4. The molecule has 1 saturated heterocycles. The Kier molecular flexibility index (Phi) is 3.65. The Balaban J connectivity index is 1.90. The van der Waals surface area contributed by atoms with Gasteiger partial charge in [-0.2, -0.15) is 0 Å². The molecule has 2 aliphatic heterocycles. The summed E-state index contributed by atoms with van der Waals surface area (Å²) in [6.07, 6.45) is 1.66. The van der Waals surface area contributed by atoms with E-state index < -0.39 is 0 Å². The van der Waals surface area contributed by atoms with Crippen LogP contribution in [0.4, 0.5) is 0 Å².